The topological polar surface area (TPSA) is 139 Å². The molecule has 0 spiro atoms. The lowest BCUT2D eigenvalue weighted by Crippen LogP contribution is -2.33. The molecule has 11 nitrogen and oxygen atoms in total. The molecule has 1 aliphatic heterocycles. The molecule has 1 aliphatic rings. The van der Waals surface area contributed by atoms with E-state index in [1.165, 1.54) is 21.1 Å². The molecule has 1 heterocycles. The molecule has 4 atom stereocenters. The van der Waals surface area contributed by atoms with Crippen molar-refractivity contribution in [3.05, 3.63) is 47.5 Å². The van der Waals surface area contributed by atoms with Crippen molar-refractivity contribution in [1.82, 2.24) is 5.09 Å². The molecule has 0 amide bonds. The minimum absolute atomic E-state index is 0.0499. The molecular weight excluding hydrogens is 517 g/mol. The normalized spacial score (nSPS) is 19.2. The quantitative estimate of drug-likeness (QED) is 0.263. The van der Waals surface area contributed by atoms with E-state index in [4.69, 9.17) is 28.2 Å². The van der Waals surface area contributed by atoms with Crippen molar-refractivity contribution in [2.24, 2.45) is 11.8 Å². The fraction of sp³-hybridized carbons (Fsp3) is 0.462. The van der Waals surface area contributed by atoms with E-state index in [1.807, 2.05) is 18.2 Å². The number of hydrogen-bond donors (Lipinski definition) is 2. The molecule has 12 heteroatoms. The van der Waals surface area contributed by atoms with Gasteiger partial charge in [-0.2, -0.15) is 0 Å². The van der Waals surface area contributed by atoms with Gasteiger partial charge in [0.05, 0.1) is 33.9 Å². The largest absolute Gasteiger partial charge is 0.493 e. The van der Waals surface area contributed by atoms with E-state index in [0.29, 0.717) is 30.9 Å². The third-order valence-corrected chi connectivity index (χ3v) is 8.12. The van der Waals surface area contributed by atoms with Crippen LogP contribution in [0.3, 0.4) is 0 Å². The highest BCUT2D eigenvalue weighted by Crippen LogP contribution is 2.47. The second-order valence-corrected chi connectivity index (χ2v) is 11.0. The average Bonchev–Trinajstić information content (AvgIpc) is 3.23. The van der Waals surface area contributed by atoms with Gasteiger partial charge in [0.2, 0.25) is 0 Å². The summed E-state index contributed by atoms with van der Waals surface area (Å²) in [6.45, 7) is 1.66. The number of carbonyl (C=O) groups is 2. The molecular formula is C26H34NO10P. The third kappa shape index (κ3) is 7.18. The van der Waals surface area contributed by atoms with Crippen molar-refractivity contribution in [1.29, 1.82) is 0 Å². The Morgan fingerprint density at radius 3 is 2.16 bits per heavy atom. The summed E-state index contributed by atoms with van der Waals surface area (Å²) in [5.74, 6) is -0.203. The van der Waals surface area contributed by atoms with E-state index in [-0.39, 0.29) is 35.7 Å². The predicted octanol–water partition coefficient (Wildman–Crippen LogP) is 3.53. The van der Waals surface area contributed by atoms with Gasteiger partial charge >= 0.3 is 19.5 Å². The number of benzene rings is 2. The van der Waals surface area contributed by atoms with Crippen LogP contribution in [0.1, 0.15) is 18.1 Å². The lowest BCUT2D eigenvalue weighted by Gasteiger charge is -2.23. The molecule has 2 N–H and O–H groups in total. The number of methoxy groups -OCH3 is 4. The Hall–Kier alpha value is -3.27. The Kier molecular flexibility index (Phi) is 10.0. The van der Waals surface area contributed by atoms with E-state index in [0.717, 1.165) is 11.1 Å². The number of carbonyl (C=O) groups excluding carboxylic acids is 1. The van der Waals surface area contributed by atoms with Crippen LogP contribution in [-0.2, 0) is 36.5 Å². The Balaban J connectivity index is 1.77. The standard InChI is InChI=1S/C26H34NO10P/c1-16(25(28)29)27-38(31,15-32-2)37-22-9-7-18(13-24(22)35-5)11-20-19(14-36-26(20)30)10-17-6-8-21(33-3)23(12-17)34-4/h6-9,12-13,16,19-20H,10-11,14-15H2,1-5H3,(H,27,31)(H,28,29)/t16-,19-,20+,38?/m0/s1. The molecule has 0 bridgehead atoms. The van der Waals surface area contributed by atoms with Crippen LogP contribution in [0.2, 0.25) is 0 Å². The smallest absolute Gasteiger partial charge is 0.342 e. The lowest BCUT2D eigenvalue weighted by atomic mass is 9.85. The van der Waals surface area contributed by atoms with Crippen molar-refractivity contribution in [2.45, 2.75) is 25.8 Å². The van der Waals surface area contributed by atoms with Crippen LogP contribution in [0.4, 0.5) is 0 Å². The molecule has 1 unspecified atom stereocenters. The number of carboxylic acids is 1. The summed E-state index contributed by atoms with van der Waals surface area (Å²) in [7, 11) is 2.19. The number of carboxylic acid groups (broad SMARTS) is 1. The Labute approximate surface area is 221 Å². The van der Waals surface area contributed by atoms with Crippen molar-refractivity contribution in [3.63, 3.8) is 0 Å². The van der Waals surface area contributed by atoms with Gasteiger partial charge in [-0.05, 0) is 55.2 Å². The Morgan fingerprint density at radius 2 is 1.58 bits per heavy atom. The van der Waals surface area contributed by atoms with Gasteiger partial charge in [-0.15, -0.1) is 0 Å². The number of aliphatic carboxylic acids is 1. The van der Waals surface area contributed by atoms with E-state index in [1.54, 1.807) is 32.4 Å². The van der Waals surface area contributed by atoms with Crippen LogP contribution in [0.5, 0.6) is 23.0 Å². The molecule has 0 aliphatic carbocycles. The number of ether oxygens (including phenoxy) is 5. The van der Waals surface area contributed by atoms with E-state index in [9.17, 15) is 19.3 Å². The minimum atomic E-state index is -3.73. The van der Waals surface area contributed by atoms with Gasteiger partial charge in [0.25, 0.3) is 0 Å². The van der Waals surface area contributed by atoms with Crippen LogP contribution < -0.4 is 23.8 Å². The van der Waals surface area contributed by atoms with Gasteiger partial charge in [-0.1, -0.05) is 12.1 Å². The first-order valence-electron chi connectivity index (χ1n) is 12.0. The van der Waals surface area contributed by atoms with Gasteiger partial charge in [0.1, 0.15) is 12.4 Å². The van der Waals surface area contributed by atoms with Crippen molar-refractivity contribution >= 4 is 19.5 Å². The third-order valence-electron chi connectivity index (χ3n) is 6.25. The number of cyclic esters (lactones) is 1. The second-order valence-electron chi connectivity index (χ2n) is 8.95. The first kappa shape index (κ1) is 29.3. The fourth-order valence-corrected chi connectivity index (χ4v) is 5.99. The summed E-state index contributed by atoms with van der Waals surface area (Å²) in [5.41, 5.74) is 1.79. The molecule has 0 saturated carbocycles. The van der Waals surface area contributed by atoms with Crippen molar-refractivity contribution in [3.8, 4) is 23.0 Å². The van der Waals surface area contributed by atoms with Crippen LogP contribution in [-0.4, -0.2) is 64.5 Å². The monoisotopic (exact) mass is 551 g/mol. The van der Waals surface area contributed by atoms with Gasteiger partial charge in [-0.25, -0.2) is 5.09 Å². The van der Waals surface area contributed by atoms with Crippen LogP contribution in [0.25, 0.3) is 0 Å². The zero-order valence-electron chi connectivity index (χ0n) is 22.1. The van der Waals surface area contributed by atoms with E-state index >= 15 is 0 Å². The van der Waals surface area contributed by atoms with Crippen LogP contribution >= 0.6 is 7.52 Å². The summed E-state index contributed by atoms with van der Waals surface area (Å²) in [6, 6.07) is 9.56. The highest BCUT2D eigenvalue weighted by molar-refractivity contribution is 7.57. The minimum Gasteiger partial charge on any atom is -0.493 e. The highest BCUT2D eigenvalue weighted by atomic mass is 31.2. The first-order valence-corrected chi connectivity index (χ1v) is 13.8. The number of nitrogens with one attached hydrogen (secondary N) is 1. The number of rotatable bonds is 14. The molecule has 208 valence electrons. The molecule has 2 aromatic carbocycles. The zero-order chi connectivity index (χ0) is 27.9. The van der Waals surface area contributed by atoms with Gasteiger partial charge in [0.15, 0.2) is 23.0 Å². The second kappa shape index (κ2) is 13.0. The first-order chi connectivity index (χ1) is 18.1. The molecule has 1 saturated heterocycles. The van der Waals surface area contributed by atoms with Crippen LogP contribution in [0, 0.1) is 11.8 Å². The van der Waals surface area contributed by atoms with Crippen molar-refractivity contribution < 1.29 is 47.5 Å². The number of hydrogen-bond acceptors (Lipinski definition) is 9. The van der Waals surface area contributed by atoms with Crippen LogP contribution in [0.15, 0.2) is 36.4 Å². The molecule has 1 fully saturated rings. The molecule has 0 aromatic heterocycles. The summed E-state index contributed by atoms with van der Waals surface area (Å²) in [5, 5.41) is 11.7. The Morgan fingerprint density at radius 1 is 1.00 bits per heavy atom. The SMILES string of the molecule is COCP(=O)(N[C@@H](C)C(=O)O)Oc1ccc(C[C@H]2C(=O)OC[C@@H]2Cc2ccc(OC)c(OC)c2)cc1OC. The zero-order valence-corrected chi connectivity index (χ0v) is 23.0. The maximum atomic E-state index is 13.2. The maximum Gasteiger partial charge on any atom is 0.342 e. The van der Waals surface area contributed by atoms with E-state index in [2.05, 4.69) is 5.09 Å². The average molecular weight is 552 g/mol. The number of esters is 1. The van der Waals surface area contributed by atoms with Gasteiger partial charge in [0, 0.05) is 13.0 Å². The lowest BCUT2D eigenvalue weighted by molar-refractivity contribution is -0.141. The highest BCUT2D eigenvalue weighted by Gasteiger charge is 2.37. The summed E-state index contributed by atoms with van der Waals surface area (Å²) in [4.78, 5) is 23.9. The summed E-state index contributed by atoms with van der Waals surface area (Å²) >= 11 is 0. The van der Waals surface area contributed by atoms with E-state index < -0.39 is 19.5 Å². The summed E-state index contributed by atoms with van der Waals surface area (Å²) < 4.78 is 45.4. The molecule has 2 aromatic rings. The van der Waals surface area contributed by atoms with Gasteiger partial charge in [-0.3, -0.25) is 14.2 Å². The maximum absolute atomic E-state index is 13.2. The predicted molar refractivity (Wildman–Crippen MR) is 138 cm³/mol. The fourth-order valence-electron chi connectivity index (χ4n) is 4.30. The van der Waals surface area contributed by atoms with Gasteiger partial charge < -0.3 is 33.3 Å². The molecule has 38 heavy (non-hydrogen) atoms. The van der Waals surface area contributed by atoms with Crippen molar-refractivity contribution in [2.75, 3.05) is 41.4 Å². The summed E-state index contributed by atoms with van der Waals surface area (Å²) in [6.07, 6.45) is 0.668. The molecule has 3 rings (SSSR count). The molecule has 0 radical (unpaired) electrons. The Bertz CT molecular complexity index is 1190.